The van der Waals surface area contributed by atoms with Gasteiger partial charge >= 0.3 is 7.12 Å². The van der Waals surface area contributed by atoms with E-state index in [-0.39, 0.29) is 25.7 Å². The van der Waals surface area contributed by atoms with Crippen LogP contribution < -0.4 is 5.46 Å². The Kier molecular flexibility index (Phi) is 13.3. The fraction of sp³-hybridized carbons (Fsp3) is 0.104. The number of para-hydroxylation sites is 4. The lowest BCUT2D eigenvalue weighted by atomic mass is 9.79. The second-order valence-corrected chi connectivity index (χ2v) is 23.4. The lowest BCUT2D eigenvalue weighted by molar-refractivity contribution is 0.00578. The molecule has 4 aromatic heterocycles. The zero-order valence-corrected chi connectivity index (χ0v) is 47.4. The molecular weight excluding hydrogens is 1190 g/mol. The van der Waals surface area contributed by atoms with Gasteiger partial charge in [-0.3, -0.25) is 0 Å². The molecule has 0 spiro atoms. The third-order valence-electron chi connectivity index (χ3n) is 15.1. The molecule has 6 nitrogen and oxygen atoms in total. The first kappa shape index (κ1) is 50.9. The molecule has 1 aliphatic rings. The normalized spacial score (nSPS) is 13.9. The Morgan fingerprint density at radius 3 is 1.35 bits per heavy atom. The highest BCUT2D eigenvalue weighted by Crippen LogP contribution is 2.40. The maximum Gasteiger partial charge on any atom is 0.494 e. The third-order valence-corrected chi connectivity index (χ3v) is 16.7. The molecule has 0 unspecified atom stereocenters. The first-order valence-corrected chi connectivity index (χ1v) is 28.0. The van der Waals surface area contributed by atoms with Crippen molar-refractivity contribution in [3.63, 3.8) is 0 Å². The van der Waals surface area contributed by atoms with E-state index in [1.54, 1.807) is 0 Å². The summed E-state index contributed by atoms with van der Waals surface area (Å²) < 4.78 is 32.5. The van der Waals surface area contributed by atoms with Gasteiger partial charge in [0, 0.05) is 67.0 Å². The van der Waals surface area contributed by atoms with Crippen LogP contribution in [0.5, 0.6) is 0 Å². The molecule has 0 radical (unpaired) electrons. The number of furan rings is 2. The number of halogens is 3. The van der Waals surface area contributed by atoms with Gasteiger partial charge in [-0.05, 0) is 182 Å². The minimum atomic E-state index is -0.364. The van der Waals surface area contributed by atoms with Gasteiger partial charge in [0.2, 0.25) is 0 Å². The summed E-state index contributed by atoms with van der Waals surface area (Å²) in [5.41, 5.74) is 13.5. The van der Waals surface area contributed by atoms with Gasteiger partial charge < -0.3 is 27.3 Å². The van der Waals surface area contributed by atoms with Gasteiger partial charge in [0.1, 0.15) is 22.3 Å². The van der Waals surface area contributed by atoms with Crippen LogP contribution in [0, 0.1) is 3.57 Å². The molecule has 10 aromatic carbocycles. The van der Waals surface area contributed by atoms with E-state index in [9.17, 15) is 0 Å². The van der Waals surface area contributed by atoms with Crippen molar-refractivity contribution in [3.05, 3.63) is 231 Å². The fourth-order valence-corrected chi connectivity index (χ4v) is 11.8. The Morgan fingerprint density at radius 2 is 0.805 bits per heavy atom. The van der Waals surface area contributed by atoms with Gasteiger partial charge in [-0.1, -0.05) is 142 Å². The van der Waals surface area contributed by atoms with Gasteiger partial charge in [-0.2, -0.15) is 0 Å². The Balaban J connectivity index is 0.000000123. The highest BCUT2D eigenvalue weighted by Gasteiger charge is 2.51. The lowest BCUT2D eigenvalue weighted by Crippen LogP contribution is -2.41. The standard InChI is InChI=1S/C30H18BrNO.C24H24BNO2.C12H6BrIO.CH4/c31-21-12-15-29-26(18-21)25-14-11-20(17-30(25)33-29)19-10-13-24-23-8-4-5-9-27(23)32(28(24)16-19)22-6-2-1-3-7-22;1-23(2)24(3,4)28-25(27-23)17-14-15-20-19-12-8-9-13-21(19)26(22(20)16-17)18-10-6-5-7-11-18;13-7-1-4-11-10(5-7)9-3-2-8(14)6-12(9)15-11;/h1-18H;5-16H,1-4H3;1-6H;1H4. The van der Waals surface area contributed by atoms with E-state index in [1.165, 1.54) is 63.8 Å². The SMILES string of the molecule is Brc1ccc2oc3cc(-c4ccc5c6ccccc6n(-c6ccccc6)c5c4)ccc3c2c1.Brc1ccc2oc3cc(I)ccc3c2c1.C.CC1(C)OB(c2ccc3c4ccccc4n(-c4ccccc4)c3c2)OC1(C)C. The number of hydrogen-bond donors (Lipinski definition) is 0. The van der Waals surface area contributed by atoms with Crippen LogP contribution >= 0.6 is 54.5 Å². The summed E-state index contributed by atoms with van der Waals surface area (Å²) in [6.07, 6.45) is 0. The Morgan fingerprint density at radius 1 is 0.377 bits per heavy atom. The number of hydrogen-bond acceptors (Lipinski definition) is 4. The second kappa shape index (κ2) is 20.1. The van der Waals surface area contributed by atoms with Gasteiger partial charge in [-0.15, -0.1) is 0 Å². The zero-order chi connectivity index (χ0) is 51.9. The van der Waals surface area contributed by atoms with E-state index in [4.69, 9.17) is 18.1 Å². The maximum atomic E-state index is 6.29. The summed E-state index contributed by atoms with van der Waals surface area (Å²) in [6.45, 7) is 8.36. The molecular formula is C67H52BBr2IN2O4. The van der Waals surface area contributed by atoms with Crippen LogP contribution in [0.4, 0.5) is 0 Å². The second-order valence-electron chi connectivity index (χ2n) is 20.3. The smallest absolute Gasteiger partial charge is 0.456 e. The highest BCUT2D eigenvalue weighted by molar-refractivity contribution is 14.1. The van der Waals surface area contributed by atoms with Crippen LogP contribution in [0.15, 0.2) is 236 Å². The Labute approximate surface area is 477 Å². The molecule has 1 aliphatic heterocycles. The number of rotatable bonds is 4. The fourth-order valence-electron chi connectivity index (χ4n) is 10.6. The molecule has 14 aromatic rings. The first-order chi connectivity index (χ1) is 36.9. The van der Waals surface area contributed by atoms with E-state index in [0.717, 1.165) is 64.1 Å². The summed E-state index contributed by atoms with van der Waals surface area (Å²) in [5, 5.41) is 9.61. The summed E-state index contributed by atoms with van der Waals surface area (Å²) in [4.78, 5) is 0. The molecule has 1 saturated heterocycles. The summed E-state index contributed by atoms with van der Waals surface area (Å²) >= 11 is 9.34. The molecule has 378 valence electrons. The molecule has 5 heterocycles. The van der Waals surface area contributed by atoms with Crippen LogP contribution in [-0.4, -0.2) is 27.5 Å². The van der Waals surface area contributed by atoms with Crippen molar-refractivity contribution in [2.75, 3.05) is 0 Å². The van der Waals surface area contributed by atoms with Crippen molar-refractivity contribution in [1.82, 2.24) is 9.13 Å². The minimum absolute atomic E-state index is 0. The van der Waals surface area contributed by atoms with Crippen LogP contribution in [0.1, 0.15) is 35.1 Å². The Hall–Kier alpha value is -6.93. The molecule has 0 atom stereocenters. The van der Waals surface area contributed by atoms with Crippen LogP contribution in [0.2, 0.25) is 0 Å². The topological polar surface area (TPSA) is 54.6 Å². The first-order valence-electron chi connectivity index (χ1n) is 25.3. The molecule has 0 aliphatic carbocycles. The maximum absolute atomic E-state index is 6.29. The van der Waals surface area contributed by atoms with Crippen molar-refractivity contribution in [3.8, 4) is 22.5 Å². The third kappa shape index (κ3) is 9.17. The molecule has 0 N–H and O–H groups in total. The molecule has 77 heavy (non-hydrogen) atoms. The highest BCUT2D eigenvalue weighted by atomic mass is 127. The number of aromatic nitrogens is 2. The molecule has 0 saturated carbocycles. The van der Waals surface area contributed by atoms with Crippen LogP contribution in [0.25, 0.3) is 110 Å². The van der Waals surface area contributed by atoms with Crippen molar-refractivity contribution in [2.24, 2.45) is 0 Å². The minimum Gasteiger partial charge on any atom is -0.456 e. The van der Waals surface area contributed by atoms with Gasteiger partial charge in [0.15, 0.2) is 0 Å². The predicted molar refractivity (Wildman–Crippen MR) is 339 cm³/mol. The average Bonchev–Trinajstić information content (AvgIpc) is 4.37. The van der Waals surface area contributed by atoms with Gasteiger partial charge in [0.05, 0.1) is 33.3 Å². The van der Waals surface area contributed by atoms with Crippen molar-refractivity contribution in [1.29, 1.82) is 0 Å². The quantitative estimate of drug-likeness (QED) is 0.130. The average molecular weight is 1250 g/mol. The molecule has 15 rings (SSSR count). The van der Waals surface area contributed by atoms with E-state index < -0.39 is 0 Å². The zero-order valence-electron chi connectivity index (χ0n) is 42.0. The number of benzene rings is 10. The molecule has 0 bridgehead atoms. The lowest BCUT2D eigenvalue weighted by Gasteiger charge is -2.32. The predicted octanol–water partition coefficient (Wildman–Crippen LogP) is 19.8. The number of fused-ring (bicyclic) bond motifs is 12. The van der Waals surface area contributed by atoms with Crippen molar-refractivity contribution >= 4 is 155 Å². The van der Waals surface area contributed by atoms with E-state index in [2.05, 4.69) is 279 Å². The van der Waals surface area contributed by atoms with Gasteiger partial charge in [0.25, 0.3) is 0 Å². The van der Waals surface area contributed by atoms with E-state index >= 15 is 0 Å². The van der Waals surface area contributed by atoms with Crippen LogP contribution in [0.3, 0.4) is 0 Å². The summed E-state index contributed by atoms with van der Waals surface area (Å²) in [5.74, 6) is 0. The largest absolute Gasteiger partial charge is 0.494 e. The summed E-state index contributed by atoms with van der Waals surface area (Å²) in [6, 6.07) is 76.5. The molecule has 0 amide bonds. The van der Waals surface area contributed by atoms with E-state index in [0.29, 0.717) is 0 Å². The van der Waals surface area contributed by atoms with Crippen molar-refractivity contribution in [2.45, 2.75) is 46.3 Å². The van der Waals surface area contributed by atoms with Crippen LogP contribution in [-0.2, 0) is 9.31 Å². The molecule has 1 fully saturated rings. The number of nitrogens with zero attached hydrogens (tertiary/aromatic N) is 2. The van der Waals surface area contributed by atoms with E-state index in [1.807, 2.05) is 30.3 Å². The monoisotopic (exact) mass is 1240 g/mol. The summed E-state index contributed by atoms with van der Waals surface area (Å²) in [7, 11) is -0.364. The van der Waals surface area contributed by atoms with Gasteiger partial charge in [-0.25, -0.2) is 0 Å². The molecule has 10 heteroatoms. The van der Waals surface area contributed by atoms with Crippen molar-refractivity contribution < 1.29 is 18.1 Å². The Bertz CT molecular complexity index is 4520.